The van der Waals surface area contributed by atoms with Crippen molar-refractivity contribution in [3.63, 3.8) is 0 Å². The Morgan fingerprint density at radius 1 is 1.14 bits per heavy atom. The molecule has 14 heavy (non-hydrogen) atoms. The van der Waals surface area contributed by atoms with Gasteiger partial charge < -0.3 is 0 Å². The molecular weight excluding hydrogens is 172 g/mol. The topological polar surface area (TPSA) is 17.8 Å². The lowest BCUT2D eigenvalue weighted by Crippen LogP contribution is -2.04. The summed E-state index contributed by atoms with van der Waals surface area (Å²) in [4.78, 5) is 0. The molecule has 80 valence electrons. The zero-order valence-corrected chi connectivity index (χ0v) is 10.3. The largest absolute Gasteiger partial charge is 0.269 e. The summed E-state index contributed by atoms with van der Waals surface area (Å²) in [5.41, 5.74) is 4.04. The minimum atomic E-state index is 0.528. The van der Waals surface area contributed by atoms with Gasteiger partial charge in [-0.1, -0.05) is 27.7 Å². The maximum Gasteiger partial charge on any atom is 0.0682 e. The molecule has 0 aliphatic heterocycles. The van der Waals surface area contributed by atoms with Crippen molar-refractivity contribution >= 4 is 0 Å². The van der Waals surface area contributed by atoms with Crippen LogP contribution in [-0.4, -0.2) is 9.78 Å². The minimum absolute atomic E-state index is 0.528. The average molecular weight is 194 g/mol. The van der Waals surface area contributed by atoms with Crippen LogP contribution in [0, 0.1) is 6.92 Å². The van der Waals surface area contributed by atoms with Crippen LogP contribution < -0.4 is 0 Å². The van der Waals surface area contributed by atoms with Gasteiger partial charge in [0.2, 0.25) is 0 Å². The van der Waals surface area contributed by atoms with Crippen LogP contribution in [0.4, 0.5) is 0 Å². The van der Waals surface area contributed by atoms with Crippen molar-refractivity contribution in [2.75, 3.05) is 0 Å². The molecule has 0 amide bonds. The highest BCUT2D eigenvalue weighted by Gasteiger charge is 2.17. The predicted molar refractivity (Wildman–Crippen MR) is 60.8 cm³/mol. The van der Waals surface area contributed by atoms with Crippen molar-refractivity contribution in [1.82, 2.24) is 9.78 Å². The number of hydrogen-bond acceptors (Lipinski definition) is 1. The second kappa shape index (κ2) is 4.16. The molecule has 1 rings (SSSR count). The van der Waals surface area contributed by atoms with E-state index in [1.54, 1.807) is 0 Å². The number of aryl methyl sites for hydroxylation is 1. The lowest BCUT2D eigenvalue weighted by Gasteiger charge is -2.09. The highest BCUT2D eigenvalue weighted by Crippen LogP contribution is 2.26. The van der Waals surface area contributed by atoms with Crippen LogP contribution in [0.15, 0.2) is 0 Å². The molecule has 0 aliphatic carbocycles. The summed E-state index contributed by atoms with van der Waals surface area (Å²) in [6, 6.07) is 0. The predicted octanol–water partition coefficient (Wildman–Crippen LogP) is 3.46. The third-order valence-electron chi connectivity index (χ3n) is 2.67. The molecular formula is C12H22N2. The van der Waals surface area contributed by atoms with Crippen LogP contribution in [0.5, 0.6) is 0 Å². The SMILES string of the molecule is CCn1nc(C(C)C)c(C)c1C(C)C. The van der Waals surface area contributed by atoms with Crippen molar-refractivity contribution in [3.8, 4) is 0 Å². The molecule has 0 aromatic carbocycles. The van der Waals surface area contributed by atoms with Crippen LogP contribution in [-0.2, 0) is 6.54 Å². The summed E-state index contributed by atoms with van der Waals surface area (Å²) in [6.07, 6.45) is 0. The molecule has 0 saturated heterocycles. The van der Waals surface area contributed by atoms with E-state index in [-0.39, 0.29) is 0 Å². The Balaban J connectivity index is 3.25. The standard InChI is InChI=1S/C12H22N2/c1-7-14-12(9(4)5)10(6)11(13-14)8(2)3/h8-9H,7H2,1-6H3. The van der Waals surface area contributed by atoms with Crippen LogP contribution in [0.1, 0.15) is 63.4 Å². The Morgan fingerprint density at radius 3 is 2.00 bits per heavy atom. The van der Waals surface area contributed by atoms with Gasteiger partial charge in [0, 0.05) is 12.2 Å². The molecule has 1 aromatic rings. The van der Waals surface area contributed by atoms with E-state index in [1.165, 1.54) is 17.0 Å². The minimum Gasteiger partial charge on any atom is -0.269 e. The quantitative estimate of drug-likeness (QED) is 0.720. The van der Waals surface area contributed by atoms with Crippen LogP contribution in [0.25, 0.3) is 0 Å². The van der Waals surface area contributed by atoms with E-state index >= 15 is 0 Å². The molecule has 0 aliphatic rings. The van der Waals surface area contributed by atoms with Gasteiger partial charge in [0.1, 0.15) is 0 Å². The number of hydrogen-bond donors (Lipinski definition) is 0. The van der Waals surface area contributed by atoms with E-state index in [2.05, 4.69) is 51.3 Å². The first-order chi connectivity index (χ1) is 6.49. The first-order valence-corrected chi connectivity index (χ1v) is 5.56. The Morgan fingerprint density at radius 2 is 1.71 bits per heavy atom. The van der Waals surface area contributed by atoms with Crippen molar-refractivity contribution in [2.45, 2.75) is 59.9 Å². The first kappa shape index (κ1) is 11.3. The van der Waals surface area contributed by atoms with Gasteiger partial charge in [-0.2, -0.15) is 5.10 Å². The van der Waals surface area contributed by atoms with E-state index in [0.717, 1.165) is 6.54 Å². The smallest absolute Gasteiger partial charge is 0.0682 e. The van der Waals surface area contributed by atoms with Gasteiger partial charge in [0.15, 0.2) is 0 Å². The third-order valence-corrected chi connectivity index (χ3v) is 2.67. The fourth-order valence-corrected chi connectivity index (χ4v) is 2.10. The van der Waals surface area contributed by atoms with Crippen LogP contribution in [0.2, 0.25) is 0 Å². The van der Waals surface area contributed by atoms with Crippen molar-refractivity contribution in [3.05, 3.63) is 17.0 Å². The van der Waals surface area contributed by atoms with Gasteiger partial charge >= 0.3 is 0 Å². The maximum absolute atomic E-state index is 4.67. The summed E-state index contributed by atoms with van der Waals surface area (Å²) in [7, 11) is 0. The second-order valence-corrected chi connectivity index (χ2v) is 4.52. The van der Waals surface area contributed by atoms with E-state index in [9.17, 15) is 0 Å². The van der Waals surface area contributed by atoms with Gasteiger partial charge in [-0.05, 0) is 31.2 Å². The first-order valence-electron chi connectivity index (χ1n) is 5.56. The fourth-order valence-electron chi connectivity index (χ4n) is 2.10. The summed E-state index contributed by atoms with van der Waals surface area (Å²) in [6.45, 7) is 14.2. The van der Waals surface area contributed by atoms with Crippen molar-refractivity contribution in [2.24, 2.45) is 0 Å². The molecule has 0 bridgehead atoms. The molecule has 0 radical (unpaired) electrons. The Labute approximate surface area is 87.3 Å². The summed E-state index contributed by atoms with van der Waals surface area (Å²) >= 11 is 0. The number of nitrogens with zero attached hydrogens (tertiary/aromatic N) is 2. The van der Waals surface area contributed by atoms with Gasteiger partial charge in [-0.15, -0.1) is 0 Å². The Bertz CT molecular complexity index is 308. The molecule has 2 heteroatoms. The molecule has 0 fully saturated rings. The maximum atomic E-state index is 4.67. The molecule has 1 heterocycles. The Hall–Kier alpha value is -0.790. The number of rotatable bonds is 3. The molecule has 0 unspecified atom stereocenters. The van der Waals surface area contributed by atoms with Gasteiger partial charge in [0.25, 0.3) is 0 Å². The van der Waals surface area contributed by atoms with Gasteiger partial charge in [0.05, 0.1) is 5.69 Å². The summed E-state index contributed by atoms with van der Waals surface area (Å²) in [5, 5.41) is 4.67. The summed E-state index contributed by atoms with van der Waals surface area (Å²) < 4.78 is 2.15. The van der Waals surface area contributed by atoms with E-state index < -0.39 is 0 Å². The molecule has 2 nitrogen and oxygen atoms in total. The van der Waals surface area contributed by atoms with Crippen molar-refractivity contribution in [1.29, 1.82) is 0 Å². The van der Waals surface area contributed by atoms with Crippen LogP contribution >= 0.6 is 0 Å². The van der Waals surface area contributed by atoms with Crippen LogP contribution in [0.3, 0.4) is 0 Å². The average Bonchev–Trinajstić information content (AvgIpc) is 2.42. The lowest BCUT2D eigenvalue weighted by molar-refractivity contribution is 0.586. The monoisotopic (exact) mass is 194 g/mol. The lowest BCUT2D eigenvalue weighted by atomic mass is 10.0. The zero-order valence-electron chi connectivity index (χ0n) is 10.3. The van der Waals surface area contributed by atoms with E-state index in [4.69, 9.17) is 0 Å². The molecule has 1 aromatic heterocycles. The highest BCUT2D eigenvalue weighted by atomic mass is 15.3. The van der Waals surface area contributed by atoms with E-state index in [1.807, 2.05) is 0 Å². The van der Waals surface area contributed by atoms with Crippen molar-refractivity contribution < 1.29 is 0 Å². The third kappa shape index (κ3) is 1.84. The summed E-state index contributed by atoms with van der Waals surface area (Å²) in [5.74, 6) is 1.09. The number of aromatic nitrogens is 2. The second-order valence-electron chi connectivity index (χ2n) is 4.52. The molecule has 0 atom stereocenters. The highest BCUT2D eigenvalue weighted by molar-refractivity contribution is 5.29. The van der Waals surface area contributed by atoms with Gasteiger partial charge in [-0.25, -0.2) is 0 Å². The fraction of sp³-hybridized carbons (Fsp3) is 0.750. The molecule has 0 N–H and O–H groups in total. The van der Waals surface area contributed by atoms with E-state index in [0.29, 0.717) is 11.8 Å². The zero-order chi connectivity index (χ0) is 10.9. The molecule has 0 spiro atoms. The normalized spacial score (nSPS) is 11.7. The molecule has 0 saturated carbocycles. The Kier molecular flexibility index (Phi) is 3.35. The van der Waals surface area contributed by atoms with Gasteiger partial charge in [-0.3, -0.25) is 4.68 Å².